The Bertz CT molecular complexity index is 513. The van der Waals surface area contributed by atoms with Crippen molar-refractivity contribution in [3.8, 4) is 0 Å². The van der Waals surface area contributed by atoms with Crippen LogP contribution in [-0.4, -0.2) is 26.2 Å². The molecule has 1 fully saturated rings. The fourth-order valence-electron chi connectivity index (χ4n) is 2.71. The van der Waals surface area contributed by atoms with Gasteiger partial charge in [0.05, 0.1) is 5.69 Å². The molecule has 1 aliphatic carbocycles. The SMILES string of the molecule is Fc1cc(C2=CC=CCC2)ccc1N1CCNCC1. The molecule has 1 N–H and O–H groups in total. The predicted octanol–water partition coefficient (Wildman–Crippen LogP) is 2.97. The molecule has 19 heavy (non-hydrogen) atoms. The van der Waals surface area contributed by atoms with Crippen molar-refractivity contribution >= 4 is 11.3 Å². The first-order valence-corrected chi connectivity index (χ1v) is 6.96. The van der Waals surface area contributed by atoms with E-state index in [1.54, 1.807) is 6.07 Å². The number of anilines is 1. The van der Waals surface area contributed by atoms with Gasteiger partial charge in [0.2, 0.25) is 0 Å². The molecular weight excluding hydrogens is 239 g/mol. The first-order valence-electron chi connectivity index (χ1n) is 6.96. The van der Waals surface area contributed by atoms with Crippen LogP contribution in [0.1, 0.15) is 18.4 Å². The average molecular weight is 258 g/mol. The van der Waals surface area contributed by atoms with Gasteiger partial charge < -0.3 is 10.2 Å². The lowest BCUT2D eigenvalue weighted by atomic mass is 9.97. The number of hydrogen-bond donors (Lipinski definition) is 1. The van der Waals surface area contributed by atoms with Crippen molar-refractivity contribution in [2.45, 2.75) is 12.8 Å². The fourth-order valence-corrected chi connectivity index (χ4v) is 2.71. The van der Waals surface area contributed by atoms with Crippen molar-refractivity contribution in [1.82, 2.24) is 5.32 Å². The van der Waals surface area contributed by atoms with Crippen LogP contribution in [0.2, 0.25) is 0 Å². The highest BCUT2D eigenvalue weighted by Gasteiger charge is 2.15. The molecule has 0 aromatic heterocycles. The Morgan fingerprint density at radius 1 is 1.16 bits per heavy atom. The number of nitrogens with zero attached hydrogens (tertiary/aromatic N) is 1. The minimum Gasteiger partial charge on any atom is -0.367 e. The highest BCUT2D eigenvalue weighted by molar-refractivity contribution is 5.70. The van der Waals surface area contributed by atoms with Crippen LogP contribution < -0.4 is 10.2 Å². The van der Waals surface area contributed by atoms with Gasteiger partial charge in [0, 0.05) is 26.2 Å². The van der Waals surface area contributed by atoms with Crippen LogP contribution in [0.3, 0.4) is 0 Å². The summed E-state index contributed by atoms with van der Waals surface area (Å²) in [7, 11) is 0. The Balaban J connectivity index is 1.84. The van der Waals surface area contributed by atoms with E-state index in [1.165, 1.54) is 5.57 Å². The van der Waals surface area contributed by atoms with Gasteiger partial charge in [0.1, 0.15) is 5.82 Å². The number of halogens is 1. The maximum atomic E-state index is 14.3. The Kier molecular flexibility index (Phi) is 3.65. The molecule has 100 valence electrons. The summed E-state index contributed by atoms with van der Waals surface area (Å²) in [6.07, 6.45) is 8.34. The number of hydrogen-bond acceptors (Lipinski definition) is 2. The van der Waals surface area contributed by atoms with Crippen molar-refractivity contribution in [3.05, 3.63) is 47.8 Å². The van der Waals surface area contributed by atoms with E-state index in [-0.39, 0.29) is 5.82 Å². The molecule has 0 saturated carbocycles. The smallest absolute Gasteiger partial charge is 0.147 e. The maximum absolute atomic E-state index is 14.3. The van der Waals surface area contributed by atoms with E-state index in [2.05, 4.69) is 28.4 Å². The van der Waals surface area contributed by atoms with Crippen LogP contribution >= 0.6 is 0 Å². The standard InChI is InChI=1S/C16H19FN2/c17-15-12-14(13-4-2-1-3-5-13)6-7-16(15)19-10-8-18-9-11-19/h1-2,4,6-7,12,18H,3,5,8-11H2. The zero-order valence-corrected chi connectivity index (χ0v) is 11.0. The molecule has 0 atom stereocenters. The van der Waals surface area contributed by atoms with Crippen molar-refractivity contribution in [2.75, 3.05) is 31.1 Å². The third-order valence-electron chi connectivity index (χ3n) is 3.79. The quantitative estimate of drug-likeness (QED) is 0.877. The van der Waals surface area contributed by atoms with Crippen LogP contribution in [0.25, 0.3) is 5.57 Å². The number of allylic oxidation sites excluding steroid dienone is 4. The summed E-state index contributed by atoms with van der Waals surface area (Å²) in [6.45, 7) is 3.61. The van der Waals surface area contributed by atoms with Crippen molar-refractivity contribution in [1.29, 1.82) is 0 Å². The molecule has 0 spiro atoms. The summed E-state index contributed by atoms with van der Waals surface area (Å²) in [5, 5.41) is 3.29. The highest BCUT2D eigenvalue weighted by atomic mass is 19.1. The lowest BCUT2D eigenvalue weighted by Crippen LogP contribution is -2.43. The summed E-state index contributed by atoms with van der Waals surface area (Å²) in [5.74, 6) is -0.102. The molecule has 0 bridgehead atoms. The number of rotatable bonds is 2. The minimum atomic E-state index is -0.102. The summed E-state index contributed by atoms with van der Waals surface area (Å²) in [6, 6.07) is 5.66. The predicted molar refractivity (Wildman–Crippen MR) is 77.8 cm³/mol. The summed E-state index contributed by atoms with van der Waals surface area (Å²) >= 11 is 0. The first-order chi connectivity index (χ1) is 9.34. The highest BCUT2D eigenvalue weighted by Crippen LogP contribution is 2.28. The first kappa shape index (κ1) is 12.4. The molecule has 2 aliphatic rings. The van der Waals surface area contributed by atoms with Gasteiger partial charge in [-0.05, 0) is 36.1 Å². The van der Waals surface area contributed by atoms with Crippen LogP contribution in [0, 0.1) is 5.82 Å². The minimum absolute atomic E-state index is 0.102. The number of piperazine rings is 1. The number of benzene rings is 1. The van der Waals surface area contributed by atoms with E-state index in [1.807, 2.05) is 12.1 Å². The van der Waals surface area contributed by atoms with Crippen LogP contribution in [-0.2, 0) is 0 Å². The zero-order valence-electron chi connectivity index (χ0n) is 11.0. The van der Waals surface area contributed by atoms with Crippen molar-refractivity contribution in [2.24, 2.45) is 0 Å². The van der Waals surface area contributed by atoms with E-state index < -0.39 is 0 Å². The van der Waals surface area contributed by atoms with Gasteiger partial charge in [-0.2, -0.15) is 0 Å². The van der Waals surface area contributed by atoms with Gasteiger partial charge in [-0.15, -0.1) is 0 Å². The van der Waals surface area contributed by atoms with Crippen LogP contribution in [0.4, 0.5) is 10.1 Å². The lowest BCUT2D eigenvalue weighted by Gasteiger charge is -2.30. The summed E-state index contributed by atoms with van der Waals surface area (Å²) in [5.41, 5.74) is 2.98. The molecule has 0 radical (unpaired) electrons. The van der Waals surface area contributed by atoms with Crippen LogP contribution in [0.15, 0.2) is 36.4 Å². The van der Waals surface area contributed by atoms with Gasteiger partial charge in [-0.1, -0.05) is 24.3 Å². The summed E-state index contributed by atoms with van der Waals surface area (Å²) in [4.78, 5) is 2.12. The number of nitrogens with one attached hydrogen (secondary N) is 1. The molecule has 3 heteroatoms. The third kappa shape index (κ3) is 2.71. The Hall–Kier alpha value is -1.61. The lowest BCUT2D eigenvalue weighted by molar-refractivity contribution is 0.566. The second-order valence-electron chi connectivity index (χ2n) is 5.06. The fraction of sp³-hybridized carbons (Fsp3) is 0.375. The molecule has 1 aromatic rings. The average Bonchev–Trinajstić information content (AvgIpc) is 2.49. The molecule has 1 aromatic carbocycles. The normalized spacial score (nSPS) is 19.4. The van der Waals surface area contributed by atoms with Crippen molar-refractivity contribution < 1.29 is 4.39 Å². The Labute approximate surface area is 113 Å². The molecule has 2 nitrogen and oxygen atoms in total. The van der Waals surface area contributed by atoms with E-state index in [0.717, 1.165) is 50.3 Å². The Morgan fingerprint density at radius 2 is 2.00 bits per heavy atom. The topological polar surface area (TPSA) is 15.3 Å². The molecule has 1 saturated heterocycles. The third-order valence-corrected chi connectivity index (χ3v) is 3.79. The summed E-state index contributed by atoms with van der Waals surface area (Å²) < 4.78 is 14.3. The van der Waals surface area contributed by atoms with E-state index in [4.69, 9.17) is 0 Å². The molecule has 0 amide bonds. The Morgan fingerprint density at radius 3 is 2.68 bits per heavy atom. The van der Waals surface area contributed by atoms with Gasteiger partial charge in [0.25, 0.3) is 0 Å². The van der Waals surface area contributed by atoms with Crippen molar-refractivity contribution in [3.63, 3.8) is 0 Å². The van der Waals surface area contributed by atoms with Gasteiger partial charge in [-0.25, -0.2) is 4.39 Å². The molecule has 3 rings (SSSR count). The van der Waals surface area contributed by atoms with E-state index >= 15 is 0 Å². The van der Waals surface area contributed by atoms with E-state index in [9.17, 15) is 4.39 Å². The molecule has 1 heterocycles. The van der Waals surface area contributed by atoms with E-state index in [0.29, 0.717) is 0 Å². The second kappa shape index (κ2) is 5.57. The zero-order chi connectivity index (χ0) is 13.1. The second-order valence-corrected chi connectivity index (χ2v) is 5.06. The molecule has 0 unspecified atom stereocenters. The monoisotopic (exact) mass is 258 g/mol. The van der Waals surface area contributed by atoms with Gasteiger partial charge >= 0.3 is 0 Å². The van der Waals surface area contributed by atoms with Gasteiger partial charge in [-0.3, -0.25) is 0 Å². The maximum Gasteiger partial charge on any atom is 0.147 e. The molecular formula is C16H19FN2. The van der Waals surface area contributed by atoms with Crippen LogP contribution in [0.5, 0.6) is 0 Å². The largest absolute Gasteiger partial charge is 0.367 e. The van der Waals surface area contributed by atoms with Gasteiger partial charge in [0.15, 0.2) is 0 Å². The molecule has 1 aliphatic heterocycles.